The molecular formula is C15H25N. The van der Waals surface area contributed by atoms with Gasteiger partial charge in [0.05, 0.1) is 0 Å². The molecule has 0 unspecified atom stereocenters. The van der Waals surface area contributed by atoms with Gasteiger partial charge in [0.2, 0.25) is 0 Å². The molecule has 0 fully saturated rings. The summed E-state index contributed by atoms with van der Waals surface area (Å²) >= 11 is 0. The molecule has 90 valence electrons. The molecule has 1 aromatic heterocycles. The number of aromatic nitrogens is 1. The molecule has 1 heteroatoms. The zero-order valence-electron chi connectivity index (χ0n) is 11.4. The lowest BCUT2D eigenvalue weighted by Gasteiger charge is -1.99. The number of aryl methyl sites for hydroxylation is 1. The molecule has 0 aliphatic carbocycles. The van der Waals surface area contributed by atoms with E-state index < -0.39 is 0 Å². The van der Waals surface area contributed by atoms with Crippen LogP contribution in [0.5, 0.6) is 0 Å². The maximum atomic E-state index is 4.14. The summed E-state index contributed by atoms with van der Waals surface area (Å²) in [5.41, 5.74) is 3.13. The second-order valence-corrected chi connectivity index (χ2v) is 3.07. The van der Waals surface area contributed by atoms with Crippen molar-refractivity contribution in [2.45, 2.75) is 41.0 Å². The first-order chi connectivity index (χ1) is 7.69. The van der Waals surface area contributed by atoms with Crippen molar-refractivity contribution in [1.29, 1.82) is 0 Å². The van der Waals surface area contributed by atoms with E-state index in [2.05, 4.69) is 32.0 Å². The highest BCUT2D eigenvalue weighted by molar-refractivity contribution is 5.62. The molecule has 0 spiro atoms. The maximum absolute atomic E-state index is 4.14. The number of pyridine rings is 1. The first kappa shape index (κ1) is 17.0. The van der Waals surface area contributed by atoms with Gasteiger partial charge in [-0.2, -0.15) is 0 Å². The summed E-state index contributed by atoms with van der Waals surface area (Å²) in [7, 11) is 0. The smallest absolute Gasteiger partial charge is 0.0379 e. The van der Waals surface area contributed by atoms with E-state index in [0.717, 1.165) is 16.8 Å². The Kier molecular flexibility index (Phi) is 12.5. The Morgan fingerprint density at radius 1 is 1.12 bits per heavy atom. The van der Waals surface area contributed by atoms with Crippen LogP contribution in [0, 0.1) is 6.92 Å². The van der Waals surface area contributed by atoms with E-state index in [1.807, 2.05) is 32.9 Å². The van der Waals surface area contributed by atoms with Crippen molar-refractivity contribution >= 4 is 12.2 Å². The highest BCUT2D eigenvalue weighted by Gasteiger charge is 1.94. The summed E-state index contributed by atoms with van der Waals surface area (Å²) in [5.74, 6) is 0. The fourth-order valence-corrected chi connectivity index (χ4v) is 0.939. The molecule has 1 heterocycles. The molecule has 0 saturated carbocycles. The largest absolute Gasteiger partial charge is 0.261 e. The predicted octanol–water partition coefficient (Wildman–Crippen LogP) is 5.12. The molecule has 0 radical (unpaired) electrons. The van der Waals surface area contributed by atoms with Crippen LogP contribution in [0.2, 0.25) is 0 Å². The minimum Gasteiger partial charge on any atom is -0.261 e. The lowest BCUT2D eigenvalue weighted by molar-refractivity contribution is 1.09. The topological polar surface area (TPSA) is 12.9 Å². The van der Waals surface area contributed by atoms with Gasteiger partial charge in [-0.05, 0) is 24.1 Å². The van der Waals surface area contributed by atoms with Crippen molar-refractivity contribution in [3.05, 3.63) is 42.2 Å². The Morgan fingerprint density at radius 3 is 1.94 bits per heavy atom. The third-order valence-corrected chi connectivity index (χ3v) is 1.54. The summed E-state index contributed by atoms with van der Waals surface area (Å²) in [6, 6.07) is 1.99. The molecule has 1 rings (SSSR count). The van der Waals surface area contributed by atoms with Gasteiger partial charge in [-0.1, -0.05) is 59.4 Å². The number of hydrogen-bond donors (Lipinski definition) is 0. The second kappa shape index (κ2) is 11.7. The Morgan fingerprint density at radius 2 is 1.56 bits per heavy atom. The van der Waals surface area contributed by atoms with Crippen LogP contribution < -0.4 is 0 Å². The van der Waals surface area contributed by atoms with Gasteiger partial charge in [0.25, 0.3) is 0 Å². The van der Waals surface area contributed by atoms with Crippen LogP contribution in [-0.4, -0.2) is 4.98 Å². The summed E-state index contributed by atoms with van der Waals surface area (Å²) < 4.78 is 0. The normalized spacial score (nSPS) is 7.81. The molecule has 0 N–H and O–H groups in total. The average molecular weight is 219 g/mol. The second-order valence-electron chi connectivity index (χ2n) is 3.07. The van der Waals surface area contributed by atoms with Crippen LogP contribution >= 0.6 is 0 Å². The molecule has 0 bridgehead atoms. The fourth-order valence-electron chi connectivity index (χ4n) is 0.939. The standard InChI is InChI=1S/C10H11N.C3H8.C2H6/c1-4-9-6-8(3)11-7-10(9)5-2;1-3-2;1-2/h4-7H,1-2H2,3H3;3H2,1-2H3;1-2H3. The lowest BCUT2D eigenvalue weighted by atomic mass is 10.1. The van der Waals surface area contributed by atoms with Crippen LogP contribution in [0.15, 0.2) is 25.4 Å². The first-order valence-corrected chi connectivity index (χ1v) is 5.91. The van der Waals surface area contributed by atoms with Crippen LogP contribution in [0.25, 0.3) is 12.2 Å². The Hall–Kier alpha value is -1.37. The molecule has 0 aromatic carbocycles. The molecule has 0 aliphatic rings. The maximum Gasteiger partial charge on any atom is 0.0379 e. The zero-order valence-corrected chi connectivity index (χ0v) is 11.4. The summed E-state index contributed by atoms with van der Waals surface area (Å²) in [5, 5.41) is 0. The van der Waals surface area contributed by atoms with Gasteiger partial charge in [0, 0.05) is 11.9 Å². The quantitative estimate of drug-likeness (QED) is 0.673. The van der Waals surface area contributed by atoms with Gasteiger partial charge in [-0.25, -0.2) is 0 Å². The van der Waals surface area contributed by atoms with Gasteiger partial charge in [0.15, 0.2) is 0 Å². The Bertz CT molecular complexity index is 300. The van der Waals surface area contributed by atoms with Gasteiger partial charge in [-0.15, -0.1) is 0 Å². The number of hydrogen-bond acceptors (Lipinski definition) is 1. The van der Waals surface area contributed by atoms with E-state index in [1.165, 1.54) is 6.42 Å². The van der Waals surface area contributed by atoms with Crippen LogP contribution in [0.4, 0.5) is 0 Å². The van der Waals surface area contributed by atoms with Gasteiger partial charge in [0.1, 0.15) is 0 Å². The molecule has 0 amide bonds. The zero-order chi connectivity index (χ0) is 13.0. The van der Waals surface area contributed by atoms with E-state index >= 15 is 0 Å². The molecule has 0 saturated heterocycles. The van der Waals surface area contributed by atoms with E-state index in [0.29, 0.717) is 0 Å². The van der Waals surface area contributed by atoms with Crippen molar-refractivity contribution in [2.24, 2.45) is 0 Å². The van der Waals surface area contributed by atoms with Gasteiger partial charge >= 0.3 is 0 Å². The minimum atomic E-state index is 1.01. The van der Waals surface area contributed by atoms with E-state index in [9.17, 15) is 0 Å². The molecule has 1 aromatic rings. The summed E-state index contributed by atoms with van der Waals surface area (Å²) in [4.78, 5) is 4.14. The minimum absolute atomic E-state index is 1.01. The monoisotopic (exact) mass is 219 g/mol. The van der Waals surface area contributed by atoms with E-state index in [1.54, 1.807) is 12.3 Å². The lowest BCUT2D eigenvalue weighted by Crippen LogP contribution is -1.85. The van der Waals surface area contributed by atoms with Crippen molar-refractivity contribution in [2.75, 3.05) is 0 Å². The van der Waals surface area contributed by atoms with Crippen molar-refractivity contribution < 1.29 is 0 Å². The molecule has 0 aliphatic heterocycles. The van der Waals surface area contributed by atoms with E-state index in [4.69, 9.17) is 0 Å². The van der Waals surface area contributed by atoms with E-state index in [-0.39, 0.29) is 0 Å². The molecule has 0 atom stereocenters. The van der Waals surface area contributed by atoms with Crippen LogP contribution in [0.1, 0.15) is 50.9 Å². The van der Waals surface area contributed by atoms with Crippen molar-refractivity contribution in [3.63, 3.8) is 0 Å². The average Bonchev–Trinajstić information content (AvgIpc) is 2.32. The Labute approximate surface area is 101 Å². The predicted molar refractivity (Wildman–Crippen MR) is 76.5 cm³/mol. The van der Waals surface area contributed by atoms with Crippen LogP contribution in [-0.2, 0) is 0 Å². The molecular weight excluding hydrogens is 194 g/mol. The van der Waals surface area contributed by atoms with Crippen molar-refractivity contribution in [1.82, 2.24) is 4.98 Å². The summed E-state index contributed by atoms with van der Waals surface area (Å²) in [6.45, 7) is 17.6. The number of nitrogens with zero attached hydrogens (tertiary/aromatic N) is 1. The fraction of sp³-hybridized carbons (Fsp3) is 0.400. The SMILES string of the molecule is C=Cc1cnc(C)cc1C=C.CC.CCC. The summed E-state index contributed by atoms with van der Waals surface area (Å²) in [6.07, 6.45) is 6.65. The third-order valence-electron chi connectivity index (χ3n) is 1.54. The molecule has 1 nitrogen and oxygen atoms in total. The highest BCUT2D eigenvalue weighted by Crippen LogP contribution is 2.11. The third kappa shape index (κ3) is 6.99. The number of rotatable bonds is 2. The van der Waals surface area contributed by atoms with Crippen molar-refractivity contribution in [3.8, 4) is 0 Å². The van der Waals surface area contributed by atoms with Gasteiger partial charge < -0.3 is 0 Å². The molecule has 16 heavy (non-hydrogen) atoms. The highest BCUT2D eigenvalue weighted by atomic mass is 14.7. The first-order valence-electron chi connectivity index (χ1n) is 5.91. The Balaban J connectivity index is 0. The van der Waals surface area contributed by atoms with Crippen LogP contribution in [0.3, 0.4) is 0 Å². The van der Waals surface area contributed by atoms with Gasteiger partial charge in [-0.3, -0.25) is 4.98 Å².